The van der Waals surface area contributed by atoms with E-state index in [2.05, 4.69) is 14.9 Å². The smallest absolute Gasteiger partial charge is 0.305 e. The molecule has 0 unspecified atom stereocenters. The summed E-state index contributed by atoms with van der Waals surface area (Å²) in [6, 6.07) is 1.60. The van der Waals surface area contributed by atoms with Gasteiger partial charge in [-0.1, -0.05) is 0 Å². The Hall–Kier alpha value is -2.36. The minimum absolute atomic E-state index is 0.0354. The molecule has 0 aromatic carbocycles. The number of aromatic nitrogens is 4. The summed E-state index contributed by atoms with van der Waals surface area (Å²) in [6.07, 6.45) is 2.33. The number of hydrogen-bond donors (Lipinski definition) is 2. The second-order valence-electron chi connectivity index (χ2n) is 4.48. The van der Waals surface area contributed by atoms with Gasteiger partial charge in [0.1, 0.15) is 10.7 Å². The molecule has 2 heterocycles. The van der Waals surface area contributed by atoms with Gasteiger partial charge in [0.2, 0.25) is 0 Å². The second kappa shape index (κ2) is 5.56. The van der Waals surface area contributed by atoms with Crippen LogP contribution in [0.3, 0.4) is 0 Å². The van der Waals surface area contributed by atoms with Crippen molar-refractivity contribution in [3.05, 3.63) is 24.2 Å². The molecule has 0 bridgehead atoms. The summed E-state index contributed by atoms with van der Waals surface area (Å²) in [6.45, 7) is 1.86. The molecule has 0 aliphatic rings. The van der Waals surface area contributed by atoms with E-state index in [9.17, 15) is 13.2 Å². The predicted octanol–water partition coefficient (Wildman–Crippen LogP) is 0.201. The van der Waals surface area contributed by atoms with Crippen LogP contribution in [-0.4, -0.2) is 39.1 Å². The molecule has 0 fully saturated rings. The van der Waals surface area contributed by atoms with Gasteiger partial charge in [0.25, 0.3) is 10.0 Å². The van der Waals surface area contributed by atoms with Crippen LogP contribution in [0, 0.1) is 6.92 Å². The largest absolute Gasteiger partial charge is 0.481 e. The first-order chi connectivity index (χ1) is 9.78. The molecule has 9 nitrogen and oxygen atoms in total. The average molecular weight is 313 g/mol. The van der Waals surface area contributed by atoms with Crippen molar-refractivity contribution in [2.75, 3.05) is 4.72 Å². The molecule has 0 amide bonds. The number of carboxylic acids is 1. The van der Waals surface area contributed by atoms with Gasteiger partial charge in [-0.3, -0.25) is 18.9 Å². The Balaban J connectivity index is 2.16. The lowest BCUT2D eigenvalue weighted by molar-refractivity contribution is -0.137. The summed E-state index contributed by atoms with van der Waals surface area (Å²) >= 11 is 0. The van der Waals surface area contributed by atoms with E-state index >= 15 is 0 Å². The zero-order chi connectivity index (χ0) is 15.6. The third kappa shape index (κ3) is 3.60. The number of carboxylic acid groups (broad SMARTS) is 1. The number of nitrogens with zero attached hydrogens (tertiary/aromatic N) is 4. The summed E-state index contributed by atoms with van der Waals surface area (Å²) < 4.78 is 29.5. The van der Waals surface area contributed by atoms with Crippen LogP contribution in [0.5, 0.6) is 0 Å². The van der Waals surface area contributed by atoms with Gasteiger partial charge in [-0.15, -0.1) is 0 Å². The van der Waals surface area contributed by atoms with E-state index in [1.807, 2.05) is 0 Å². The second-order valence-corrected chi connectivity index (χ2v) is 6.17. The lowest BCUT2D eigenvalue weighted by Crippen LogP contribution is -2.15. The number of sulfonamides is 1. The zero-order valence-corrected chi connectivity index (χ0v) is 12.3. The first kappa shape index (κ1) is 15.0. The van der Waals surface area contributed by atoms with E-state index in [4.69, 9.17) is 5.11 Å². The van der Waals surface area contributed by atoms with Crippen LogP contribution in [0.4, 0.5) is 5.82 Å². The summed E-state index contributed by atoms with van der Waals surface area (Å²) in [5.74, 6) is -0.635. The fraction of sp³-hybridized carbons (Fsp3) is 0.364. The predicted molar refractivity (Wildman–Crippen MR) is 73.2 cm³/mol. The van der Waals surface area contributed by atoms with Crippen molar-refractivity contribution in [3.8, 4) is 0 Å². The molecule has 0 spiro atoms. The molecule has 10 heteroatoms. The first-order valence-corrected chi connectivity index (χ1v) is 7.54. The molecular formula is C11H15N5O4S. The van der Waals surface area contributed by atoms with Gasteiger partial charge in [-0.2, -0.15) is 10.2 Å². The maximum Gasteiger partial charge on any atom is 0.305 e. The molecule has 0 aliphatic heterocycles. The van der Waals surface area contributed by atoms with Crippen molar-refractivity contribution >= 4 is 21.8 Å². The molecular weight excluding hydrogens is 298 g/mol. The molecule has 2 N–H and O–H groups in total. The quantitative estimate of drug-likeness (QED) is 0.786. The molecule has 0 atom stereocenters. The van der Waals surface area contributed by atoms with Gasteiger partial charge < -0.3 is 5.11 Å². The van der Waals surface area contributed by atoms with Crippen molar-refractivity contribution in [2.24, 2.45) is 7.05 Å². The van der Waals surface area contributed by atoms with E-state index in [0.29, 0.717) is 11.5 Å². The third-order valence-electron chi connectivity index (χ3n) is 2.72. The minimum Gasteiger partial charge on any atom is -0.481 e. The van der Waals surface area contributed by atoms with Gasteiger partial charge >= 0.3 is 5.97 Å². The number of nitrogens with one attached hydrogen (secondary N) is 1. The SMILES string of the molecule is Cc1cc(NS(=O)(=O)c2cnn(CCC(=O)O)c2)n(C)n1. The minimum atomic E-state index is -3.78. The number of hydrogen-bond acceptors (Lipinski definition) is 5. The fourth-order valence-electron chi connectivity index (χ4n) is 1.72. The summed E-state index contributed by atoms with van der Waals surface area (Å²) in [7, 11) is -2.16. The molecule has 0 saturated heterocycles. The van der Waals surface area contributed by atoms with Crippen LogP contribution in [-0.2, 0) is 28.4 Å². The lowest BCUT2D eigenvalue weighted by atomic mass is 10.4. The Kier molecular flexibility index (Phi) is 3.98. The van der Waals surface area contributed by atoms with Crippen molar-refractivity contribution in [2.45, 2.75) is 24.8 Å². The average Bonchev–Trinajstić information content (AvgIpc) is 2.94. The van der Waals surface area contributed by atoms with E-state index in [1.54, 1.807) is 20.0 Å². The summed E-state index contributed by atoms with van der Waals surface area (Å²) in [5.41, 5.74) is 0.687. The van der Waals surface area contributed by atoms with Gasteiger partial charge in [0.15, 0.2) is 0 Å². The molecule has 0 radical (unpaired) electrons. The van der Waals surface area contributed by atoms with Crippen molar-refractivity contribution in [1.29, 1.82) is 0 Å². The lowest BCUT2D eigenvalue weighted by Gasteiger charge is -2.05. The Morgan fingerprint density at radius 1 is 1.48 bits per heavy atom. The van der Waals surface area contributed by atoms with Crippen LogP contribution in [0.2, 0.25) is 0 Å². The van der Waals surface area contributed by atoms with Gasteiger partial charge in [-0.05, 0) is 6.92 Å². The Bertz CT molecular complexity index is 761. The molecule has 0 aliphatic carbocycles. The van der Waals surface area contributed by atoms with Gasteiger partial charge in [-0.25, -0.2) is 8.42 Å². The molecule has 0 saturated carbocycles. The highest BCUT2D eigenvalue weighted by atomic mass is 32.2. The number of aryl methyl sites for hydroxylation is 3. The molecule has 21 heavy (non-hydrogen) atoms. The third-order valence-corrected chi connectivity index (χ3v) is 4.02. The number of carbonyl (C=O) groups is 1. The number of aliphatic carboxylic acids is 1. The van der Waals surface area contributed by atoms with Crippen LogP contribution in [0.15, 0.2) is 23.4 Å². The molecule has 2 aromatic rings. The van der Waals surface area contributed by atoms with E-state index in [1.165, 1.54) is 21.8 Å². The van der Waals surface area contributed by atoms with Crippen molar-refractivity contribution in [3.63, 3.8) is 0 Å². The molecule has 2 rings (SSSR count). The topological polar surface area (TPSA) is 119 Å². The zero-order valence-electron chi connectivity index (χ0n) is 11.5. The number of rotatable bonds is 6. The van der Waals surface area contributed by atoms with Crippen LogP contribution < -0.4 is 4.72 Å². The highest BCUT2D eigenvalue weighted by Gasteiger charge is 2.18. The maximum atomic E-state index is 12.2. The Labute approximate surface area is 121 Å². The van der Waals surface area contributed by atoms with Crippen molar-refractivity contribution in [1.82, 2.24) is 19.6 Å². The fourth-order valence-corrected chi connectivity index (χ4v) is 2.75. The van der Waals surface area contributed by atoms with Crippen molar-refractivity contribution < 1.29 is 18.3 Å². The molecule has 114 valence electrons. The maximum absolute atomic E-state index is 12.2. The van der Waals surface area contributed by atoms with E-state index in [0.717, 1.165) is 0 Å². The first-order valence-electron chi connectivity index (χ1n) is 6.05. The highest BCUT2D eigenvalue weighted by molar-refractivity contribution is 7.92. The monoisotopic (exact) mass is 313 g/mol. The van der Waals surface area contributed by atoms with Crippen LogP contribution in [0.25, 0.3) is 0 Å². The van der Waals surface area contributed by atoms with Gasteiger partial charge in [0.05, 0.1) is 24.9 Å². The highest BCUT2D eigenvalue weighted by Crippen LogP contribution is 2.15. The number of anilines is 1. The van der Waals surface area contributed by atoms with E-state index < -0.39 is 16.0 Å². The summed E-state index contributed by atoms with van der Waals surface area (Å²) in [4.78, 5) is 10.4. The standard InChI is InChI=1S/C11H15N5O4S/c1-8-5-10(15(2)13-8)14-21(19,20)9-6-12-16(7-9)4-3-11(17)18/h5-7,14H,3-4H2,1-2H3,(H,17,18). The molecule has 2 aromatic heterocycles. The summed E-state index contributed by atoms with van der Waals surface area (Å²) in [5, 5.41) is 16.5. The van der Waals surface area contributed by atoms with Gasteiger partial charge in [0, 0.05) is 19.3 Å². The van der Waals surface area contributed by atoms with Crippen LogP contribution >= 0.6 is 0 Å². The Morgan fingerprint density at radius 3 is 2.76 bits per heavy atom. The normalized spacial score (nSPS) is 11.5. The van der Waals surface area contributed by atoms with Crippen LogP contribution in [0.1, 0.15) is 12.1 Å². The Morgan fingerprint density at radius 2 is 2.19 bits per heavy atom. The van der Waals surface area contributed by atoms with E-state index in [-0.39, 0.29) is 17.9 Å².